The van der Waals surface area contributed by atoms with Gasteiger partial charge in [0.1, 0.15) is 6.79 Å². The van der Waals surface area contributed by atoms with Gasteiger partial charge >= 0.3 is 0 Å². The molecule has 10 atom stereocenters. The highest BCUT2D eigenvalue weighted by molar-refractivity contribution is 5.34. The highest BCUT2D eigenvalue weighted by atomic mass is 16.7. The number of piperidine rings is 1. The van der Waals surface area contributed by atoms with Gasteiger partial charge in [0.2, 0.25) is 0 Å². The minimum atomic E-state index is -0.127. The molecule has 0 unspecified atom stereocenters. The summed E-state index contributed by atoms with van der Waals surface area (Å²) in [6, 6.07) is 0.514. The van der Waals surface area contributed by atoms with E-state index in [4.69, 9.17) is 18.9 Å². The van der Waals surface area contributed by atoms with Gasteiger partial charge in [0, 0.05) is 32.2 Å². The van der Waals surface area contributed by atoms with E-state index >= 15 is 0 Å². The van der Waals surface area contributed by atoms with E-state index in [-0.39, 0.29) is 11.7 Å². The molecule has 6 rings (SSSR count). The van der Waals surface area contributed by atoms with Gasteiger partial charge in [-0.05, 0) is 100 Å². The van der Waals surface area contributed by atoms with Crippen LogP contribution in [0.25, 0.3) is 0 Å². The molecule has 0 bridgehead atoms. The number of ether oxygens (including phenoxy) is 4. The summed E-state index contributed by atoms with van der Waals surface area (Å²) in [4.78, 5) is 2.75. The number of allylic oxidation sites excluding steroid dienone is 2. The molecule has 0 amide bonds. The van der Waals surface area contributed by atoms with Gasteiger partial charge in [-0.15, -0.1) is 0 Å². The summed E-state index contributed by atoms with van der Waals surface area (Å²) < 4.78 is 23.5. The molecule has 2 heterocycles. The lowest BCUT2D eigenvalue weighted by Crippen LogP contribution is -2.52. The maximum absolute atomic E-state index is 10.4. The smallest absolute Gasteiger partial charge is 0.146 e. The van der Waals surface area contributed by atoms with E-state index in [2.05, 4.69) is 38.7 Å². The molecular formula is C35H57NO5. The molecule has 4 aliphatic carbocycles. The second-order valence-corrected chi connectivity index (χ2v) is 15.0. The molecule has 0 aromatic heterocycles. The monoisotopic (exact) mass is 571 g/mol. The Morgan fingerprint density at radius 1 is 1.10 bits per heavy atom. The van der Waals surface area contributed by atoms with Crippen molar-refractivity contribution < 1.29 is 24.1 Å². The minimum absolute atomic E-state index is 0.0191. The summed E-state index contributed by atoms with van der Waals surface area (Å²) in [5.41, 5.74) is 5.28. The molecule has 2 saturated heterocycles. The molecule has 41 heavy (non-hydrogen) atoms. The summed E-state index contributed by atoms with van der Waals surface area (Å²) in [5, 5.41) is 10.4. The van der Waals surface area contributed by atoms with Gasteiger partial charge in [-0.3, -0.25) is 4.90 Å². The molecule has 232 valence electrons. The summed E-state index contributed by atoms with van der Waals surface area (Å²) in [6.45, 7) is 14.4. The van der Waals surface area contributed by atoms with Crippen LogP contribution in [0.3, 0.4) is 0 Å². The van der Waals surface area contributed by atoms with Crippen LogP contribution in [0.1, 0.15) is 91.9 Å². The number of aliphatic hydroxyl groups is 1. The molecule has 4 fully saturated rings. The van der Waals surface area contributed by atoms with Crippen molar-refractivity contribution >= 4 is 0 Å². The predicted molar refractivity (Wildman–Crippen MR) is 161 cm³/mol. The van der Waals surface area contributed by atoms with Crippen LogP contribution < -0.4 is 0 Å². The molecule has 2 aliphatic heterocycles. The van der Waals surface area contributed by atoms with Crippen molar-refractivity contribution in [3.63, 3.8) is 0 Å². The van der Waals surface area contributed by atoms with Gasteiger partial charge in [-0.1, -0.05) is 43.6 Å². The zero-order valence-electron chi connectivity index (χ0n) is 26.5. The number of methoxy groups -OCH3 is 1. The Bertz CT molecular complexity index is 995. The quantitative estimate of drug-likeness (QED) is 0.204. The molecule has 0 aromatic carbocycles. The zero-order chi connectivity index (χ0) is 28.8. The second-order valence-electron chi connectivity index (χ2n) is 15.0. The fourth-order valence-corrected chi connectivity index (χ4v) is 10.5. The fourth-order valence-electron chi connectivity index (χ4n) is 10.5. The summed E-state index contributed by atoms with van der Waals surface area (Å²) in [6.07, 6.45) is 14.1. The lowest BCUT2D eigenvalue weighted by molar-refractivity contribution is -0.0817. The largest absolute Gasteiger partial charge is 0.393 e. The Morgan fingerprint density at radius 2 is 1.93 bits per heavy atom. The third-order valence-electron chi connectivity index (χ3n) is 12.6. The van der Waals surface area contributed by atoms with E-state index < -0.39 is 0 Å². The molecule has 6 aliphatic rings. The molecule has 0 radical (unpaired) electrons. The van der Waals surface area contributed by atoms with Crippen molar-refractivity contribution in [2.45, 2.75) is 116 Å². The molecule has 2 saturated carbocycles. The summed E-state index contributed by atoms with van der Waals surface area (Å²) in [5.74, 6) is 3.46. The van der Waals surface area contributed by atoms with Crippen molar-refractivity contribution in [1.29, 1.82) is 0 Å². The first-order valence-electron chi connectivity index (χ1n) is 16.9. The first-order valence-corrected chi connectivity index (χ1v) is 16.9. The first-order chi connectivity index (χ1) is 19.8. The number of rotatable bonds is 9. The molecule has 6 nitrogen and oxygen atoms in total. The number of hydrogen-bond acceptors (Lipinski definition) is 6. The number of aliphatic hydroxyl groups excluding tert-OH is 1. The standard InChI is InChI=1S/C35H57NO5/c1-23-17-32-33(36(21-23)13-6-14-39-22-40-16-15-38-5)25(3)35(41-32)12-10-28-29-8-7-26-18-27(37)9-11-34(26,4)31(29)19-30(28)24(2)20-35/h7,23,25,27-29,31-33,37H,6,8-22H2,1-5H3/t23-,25+,27-,28-,29-,31-,32+,33-,34-,35-/m0/s1. The van der Waals surface area contributed by atoms with Crippen LogP contribution in [-0.2, 0) is 18.9 Å². The highest BCUT2D eigenvalue weighted by Gasteiger charge is 2.59. The van der Waals surface area contributed by atoms with E-state index in [1.165, 1.54) is 38.6 Å². The fraction of sp³-hybridized carbons (Fsp3) is 0.886. The van der Waals surface area contributed by atoms with Gasteiger partial charge in [0.25, 0.3) is 0 Å². The van der Waals surface area contributed by atoms with Crippen molar-refractivity contribution in [1.82, 2.24) is 4.90 Å². The summed E-state index contributed by atoms with van der Waals surface area (Å²) >= 11 is 0. The second kappa shape index (κ2) is 12.3. The van der Waals surface area contributed by atoms with Crippen LogP contribution in [0.15, 0.2) is 22.8 Å². The van der Waals surface area contributed by atoms with E-state index in [0.717, 1.165) is 63.0 Å². The number of hydrogen-bond donors (Lipinski definition) is 1. The Labute approximate surface area is 249 Å². The molecule has 1 N–H and O–H groups in total. The van der Waals surface area contributed by atoms with Crippen LogP contribution in [-0.4, -0.2) is 80.7 Å². The van der Waals surface area contributed by atoms with Gasteiger partial charge in [0.05, 0.1) is 37.6 Å². The third-order valence-corrected chi connectivity index (χ3v) is 12.6. The maximum atomic E-state index is 10.4. The third kappa shape index (κ3) is 5.64. The number of fused-ring (bicyclic) bond motifs is 6. The zero-order valence-corrected chi connectivity index (χ0v) is 26.5. The van der Waals surface area contributed by atoms with Crippen LogP contribution in [0.2, 0.25) is 0 Å². The molecule has 1 spiro atoms. The lowest BCUT2D eigenvalue weighted by Gasteiger charge is -2.49. The average molecular weight is 572 g/mol. The van der Waals surface area contributed by atoms with E-state index in [0.29, 0.717) is 49.4 Å². The van der Waals surface area contributed by atoms with Crippen molar-refractivity contribution in [2.75, 3.05) is 46.8 Å². The van der Waals surface area contributed by atoms with Crippen LogP contribution in [0.5, 0.6) is 0 Å². The highest BCUT2D eigenvalue weighted by Crippen LogP contribution is 2.63. The number of likely N-dealkylation sites (tertiary alicyclic amines) is 1. The first kappa shape index (κ1) is 30.3. The molecular weight excluding hydrogens is 514 g/mol. The normalized spacial score (nSPS) is 44.3. The Hall–Kier alpha value is -0.760. The Morgan fingerprint density at radius 3 is 2.76 bits per heavy atom. The van der Waals surface area contributed by atoms with Crippen molar-refractivity contribution in [3.8, 4) is 0 Å². The molecule has 0 aromatic rings. The van der Waals surface area contributed by atoms with Crippen LogP contribution in [0.4, 0.5) is 0 Å². The van der Waals surface area contributed by atoms with Crippen molar-refractivity contribution in [3.05, 3.63) is 22.8 Å². The van der Waals surface area contributed by atoms with Gasteiger partial charge in [0.15, 0.2) is 0 Å². The predicted octanol–water partition coefficient (Wildman–Crippen LogP) is 6.13. The lowest BCUT2D eigenvalue weighted by atomic mass is 9.56. The topological polar surface area (TPSA) is 60.4 Å². The average Bonchev–Trinajstić information content (AvgIpc) is 3.40. The van der Waals surface area contributed by atoms with Crippen LogP contribution >= 0.6 is 0 Å². The maximum Gasteiger partial charge on any atom is 0.146 e. The Balaban J connectivity index is 1.12. The van der Waals surface area contributed by atoms with Gasteiger partial charge in [-0.25, -0.2) is 0 Å². The summed E-state index contributed by atoms with van der Waals surface area (Å²) in [7, 11) is 1.69. The minimum Gasteiger partial charge on any atom is -0.393 e. The van der Waals surface area contributed by atoms with E-state index in [9.17, 15) is 5.11 Å². The SMILES string of the molecule is COCCOCOCCCN1C[C@@H](C)C[C@H]2O[C@]3(CC[C@@H]4C(=C(C)C3)C[C@H]3[C@H]4CC=C4C[C@@H](O)CC[C@@]43C)[C@H](C)[C@@H]21. The molecule has 6 heteroatoms. The van der Waals surface area contributed by atoms with E-state index in [1.807, 2.05) is 0 Å². The Kier molecular flexibility index (Phi) is 9.10. The van der Waals surface area contributed by atoms with Gasteiger partial charge in [-0.2, -0.15) is 0 Å². The van der Waals surface area contributed by atoms with Crippen molar-refractivity contribution in [2.24, 2.45) is 35.0 Å². The number of nitrogens with zero attached hydrogens (tertiary/aromatic N) is 1. The van der Waals surface area contributed by atoms with Crippen LogP contribution in [0, 0.1) is 35.0 Å². The van der Waals surface area contributed by atoms with E-state index in [1.54, 1.807) is 23.8 Å². The van der Waals surface area contributed by atoms with Gasteiger partial charge < -0.3 is 24.1 Å².